The Bertz CT molecular complexity index is 571. The fourth-order valence-electron chi connectivity index (χ4n) is 2.06. The molecule has 8 nitrogen and oxygen atoms in total. The van der Waals surface area contributed by atoms with E-state index in [1.807, 2.05) is 0 Å². The number of rotatable bonds is 6. The van der Waals surface area contributed by atoms with Crippen molar-refractivity contribution in [3.05, 3.63) is 10.6 Å². The van der Waals surface area contributed by atoms with Gasteiger partial charge in [-0.1, -0.05) is 11.8 Å². The van der Waals surface area contributed by atoms with Crippen LogP contribution in [0.5, 0.6) is 0 Å². The molecule has 0 spiro atoms. The third-order valence-electron chi connectivity index (χ3n) is 3.02. The molecule has 0 bridgehead atoms. The smallest absolute Gasteiger partial charge is 0.356 e. The third-order valence-corrected chi connectivity index (χ3v) is 4.32. The lowest BCUT2D eigenvalue weighted by molar-refractivity contribution is -0.162. The highest BCUT2D eigenvalue weighted by Crippen LogP contribution is 2.47. The van der Waals surface area contributed by atoms with Crippen LogP contribution in [0.25, 0.3) is 0 Å². The highest BCUT2D eigenvalue weighted by atomic mass is 32.2. The van der Waals surface area contributed by atoms with Crippen LogP contribution in [0.1, 0.15) is 13.8 Å². The number of hydrogen-bond acceptors (Lipinski definition) is 8. The van der Waals surface area contributed by atoms with Gasteiger partial charge in [0.1, 0.15) is 24.3 Å². The molecule has 0 saturated carbocycles. The molecule has 2 rings (SSSR count). The molecule has 2 heterocycles. The summed E-state index contributed by atoms with van der Waals surface area (Å²) in [5.41, 5.74) is 0.0100. The summed E-state index contributed by atoms with van der Waals surface area (Å²) in [6, 6.07) is 0. The number of ketones is 1. The molecule has 22 heavy (non-hydrogen) atoms. The Balaban J connectivity index is 2.19. The third kappa shape index (κ3) is 3.00. The topological polar surface area (TPSA) is 99.2 Å². The predicted molar refractivity (Wildman–Crippen MR) is 74.3 cm³/mol. The molecule has 1 fully saturated rings. The van der Waals surface area contributed by atoms with Gasteiger partial charge < -0.3 is 14.2 Å². The van der Waals surface area contributed by atoms with E-state index in [-0.39, 0.29) is 36.0 Å². The summed E-state index contributed by atoms with van der Waals surface area (Å²) in [6.45, 7) is 2.00. The Morgan fingerprint density at radius 1 is 1.23 bits per heavy atom. The largest absolute Gasteiger partial charge is 0.460 e. The van der Waals surface area contributed by atoms with Gasteiger partial charge in [0.2, 0.25) is 0 Å². The number of methoxy groups -OCH3 is 1. The molecule has 0 N–H and O–H groups in total. The molecule has 120 valence electrons. The van der Waals surface area contributed by atoms with E-state index in [4.69, 9.17) is 14.2 Å². The number of Topliss-reactive ketones (excluding diaryl/α,β-unsaturated/α-hetero) is 1. The first-order chi connectivity index (χ1) is 10.4. The van der Waals surface area contributed by atoms with Crippen LogP contribution in [0.2, 0.25) is 0 Å². The van der Waals surface area contributed by atoms with Gasteiger partial charge in [-0.15, -0.1) is 0 Å². The van der Waals surface area contributed by atoms with Crippen molar-refractivity contribution < 1.29 is 33.4 Å². The number of carbonyl (C=O) groups is 4. The van der Waals surface area contributed by atoms with Crippen LogP contribution >= 0.6 is 11.8 Å². The number of esters is 2. The fourth-order valence-corrected chi connectivity index (χ4v) is 3.44. The summed E-state index contributed by atoms with van der Waals surface area (Å²) in [5, 5.41) is -0.386. The first kappa shape index (κ1) is 16.5. The van der Waals surface area contributed by atoms with Crippen LogP contribution in [0, 0.1) is 0 Å². The van der Waals surface area contributed by atoms with Crippen LogP contribution in [-0.2, 0) is 33.4 Å². The van der Waals surface area contributed by atoms with Gasteiger partial charge in [-0.3, -0.25) is 19.3 Å². The molecule has 0 unspecified atom stereocenters. The fraction of sp³-hybridized carbons (Fsp3) is 0.538. The molecular weight excluding hydrogens is 314 g/mol. The van der Waals surface area contributed by atoms with Crippen LogP contribution in [-0.4, -0.2) is 60.3 Å². The van der Waals surface area contributed by atoms with E-state index in [1.54, 1.807) is 0 Å². The second-order valence-corrected chi connectivity index (χ2v) is 5.91. The molecule has 0 aromatic carbocycles. The van der Waals surface area contributed by atoms with E-state index in [1.165, 1.54) is 37.6 Å². The number of nitrogens with zero attached hydrogens (tertiary/aromatic N) is 1. The molecule has 2 aliphatic heterocycles. The van der Waals surface area contributed by atoms with Crippen molar-refractivity contribution in [2.45, 2.75) is 25.3 Å². The molecule has 0 aromatic rings. The minimum absolute atomic E-state index is 0.0100. The SMILES string of the molecule is CO[C@H]1C(=O)N2C(C(=O)OCC(C)=O)=C(COC(C)=O)S[C@H]12. The zero-order chi connectivity index (χ0) is 16.4. The summed E-state index contributed by atoms with van der Waals surface area (Å²) in [4.78, 5) is 47.6. The Morgan fingerprint density at radius 3 is 2.45 bits per heavy atom. The average molecular weight is 329 g/mol. The summed E-state index contributed by atoms with van der Waals surface area (Å²) in [5.74, 6) is -1.99. The van der Waals surface area contributed by atoms with Gasteiger partial charge in [-0.25, -0.2) is 4.79 Å². The van der Waals surface area contributed by atoms with E-state index in [2.05, 4.69) is 0 Å². The van der Waals surface area contributed by atoms with E-state index < -0.39 is 18.0 Å². The quantitative estimate of drug-likeness (QED) is 0.489. The predicted octanol–water partition coefficient (Wildman–Crippen LogP) is -0.177. The van der Waals surface area contributed by atoms with Crippen LogP contribution < -0.4 is 0 Å². The van der Waals surface area contributed by atoms with Gasteiger partial charge >= 0.3 is 11.9 Å². The molecule has 0 aromatic heterocycles. The van der Waals surface area contributed by atoms with Crippen LogP contribution in [0.15, 0.2) is 10.6 Å². The monoisotopic (exact) mass is 329 g/mol. The maximum atomic E-state index is 12.1. The second kappa shape index (κ2) is 6.49. The molecule has 1 saturated heterocycles. The first-order valence-corrected chi connectivity index (χ1v) is 7.30. The Kier molecular flexibility index (Phi) is 4.87. The number of hydrogen-bond donors (Lipinski definition) is 0. The van der Waals surface area contributed by atoms with Gasteiger partial charge in [-0.2, -0.15) is 0 Å². The van der Waals surface area contributed by atoms with Crippen molar-refractivity contribution >= 4 is 35.4 Å². The Morgan fingerprint density at radius 2 is 1.91 bits per heavy atom. The van der Waals surface area contributed by atoms with Gasteiger partial charge in [0.15, 0.2) is 11.9 Å². The minimum atomic E-state index is -0.796. The van der Waals surface area contributed by atoms with Crippen molar-refractivity contribution in [2.24, 2.45) is 0 Å². The molecule has 0 aliphatic carbocycles. The molecular formula is C13H15NO7S. The van der Waals surface area contributed by atoms with Gasteiger partial charge in [0.05, 0.1) is 4.91 Å². The lowest BCUT2D eigenvalue weighted by Gasteiger charge is -2.41. The van der Waals surface area contributed by atoms with Crippen molar-refractivity contribution in [1.29, 1.82) is 0 Å². The molecule has 2 atom stereocenters. The summed E-state index contributed by atoms with van der Waals surface area (Å²) < 4.78 is 14.8. The van der Waals surface area contributed by atoms with Gasteiger partial charge in [0, 0.05) is 14.0 Å². The van der Waals surface area contributed by atoms with E-state index in [0.29, 0.717) is 4.91 Å². The lowest BCUT2D eigenvalue weighted by atomic mass is 10.1. The number of fused-ring (bicyclic) bond motifs is 1. The highest BCUT2D eigenvalue weighted by Gasteiger charge is 2.57. The minimum Gasteiger partial charge on any atom is -0.460 e. The van der Waals surface area contributed by atoms with Crippen LogP contribution in [0.3, 0.4) is 0 Å². The van der Waals surface area contributed by atoms with Crippen molar-refractivity contribution in [2.75, 3.05) is 20.3 Å². The average Bonchev–Trinajstić information content (AvgIpc) is 2.78. The Hall–Kier alpha value is -1.87. The number of carbonyl (C=O) groups excluding carboxylic acids is 4. The zero-order valence-electron chi connectivity index (χ0n) is 12.3. The maximum absolute atomic E-state index is 12.1. The van der Waals surface area contributed by atoms with Crippen molar-refractivity contribution in [3.8, 4) is 0 Å². The normalized spacial score (nSPS) is 23.0. The zero-order valence-corrected chi connectivity index (χ0v) is 13.1. The van der Waals surface area contributed by atoms with E-state index in [0.717, 1.165) is 0 Å². The van der Waals surface area contributed by atoms with E-state index >= 15 is 0 Å². The second-order valence-electron chi connectivity index (χ2n) is 4.70. The van der Waals surface area contributed by atoms with E-state index in [9.17, 15) is 19.2 Å². The number of thioether (sulfide) groups is 1. The first-order valence-electron chi connectivity index (χ1n) is 6.42. The molecule has 1 amide bonds. The van der Waals surface area contributed by atoms with Crippen LogP contribution in [0.4, 0.5) is 0 Å². The lowest BCUT2D eigenvalue weighted by Crippen LogP contribution is -2.62. The number of β-lactam (4-membered cyclic amide) rings is 1. The Labute approximate surface area is 130 Å². The van der Waals surface area contributed by atoms with Crippen molar-refractivity contribution in [3.63, 3.8) is 0 Å². The summed E-state index contributed by atoms with van der Waals surface area (Å²) in [7, 11) is 1.40. The van der Waals surface area contributed by atoms with Gasteiger partial charge in [-0.05, 0) is 6.92 Å². The number of ether oxygens (including phenoxy) is 3. The molecule has 9 heteroatoms. The van der Waals surface area contributed by atoms with Gasteiger partial charge in [0.25, 0.3) is 5.91 Å². The highest BCUT2D eigenvalue weighted by molar-refractivity contribution is 8.04. The maximum Gasteiger partial charge on any atom is 0.356 e. The molecule has 0 radical (unpaired) electrons. The summed E-state index contributed by atoms with van der Waals surface area (Å²) in [6.07, 6.45) is -0.657. The standard InChI is InChI=1S/C13H15NO7S/c1-6(15)4-21-13(18)9-8(5-20-7(2)16)22-12-10(19-3)11(17)14(9)12/h10,12H,4-5H2,1-3H3/t10-,12+/m0/s1. The molecule has 2 aliphatic rings. The van der Waals surface area contributed by atoms with Crippen molar-refractivity contribution in [1.82, 2.24) is 4.90 Å². The number of amides is 1. The summed E-state index contributed by atoms with van der Waals surface area (Å²) >= 11 is 1.21.